The second kappa shape index (κ2) is 11.3. The van der Waals surface area contributed by atoms with E-state index in [1.54, 1.807) is 20.8 Å². The highest BCUT2D eigenvalue weighted by Crippen LogP contribution is 2.26. The van der Waals surface area contributed by atoms with Crippen molar-refractivity contribution in [3.8, 4) is 0 Å². The number of aryl methyl sites for hydroxylation is 2. The first-order valence-corrected chi connectivity index (χ1v) is 10.5. The average Bonchev–Trinajstić information content (AvgIpc) is 2.65. The molecule has 0 heterocycles. The predicted octanol–water partition coefficient (Wildman–Crippen LogP) is 6.29. The zero-order chi connectivity index (χ0) is 23.0. The van der Waals surface area contributed by atoms with Crippen molar-refractivity contribution in [3.63, 3.8) is 0 Å². The summed E-state index contributed by atoms with van der Waals surface area (Å²) in [5.74, 6) is -0.440. The molecule has 164 valence electrons. The van der Waals surface area contributed by atoms with E-state index in [-0.39, 0.29) is 11.8 Å². The molecule has 0 aliphatic rings. The van der Waals surface area contributed by atoms with Crippen LogP contribution in [-0.2, 0) is 14.3 Å². The molecule has 0 spiro atoms. The van der Waals surface area contributed by atoms with E-state index in [0.717, 1.165) is 16.7 Å². The molecule has 1 aromatic carbocycles. The zero-order valence-electron chi connectivity index (χ0n) is 20.1. The average molecular weight is 405 g/mol. The molecule has 0 bridgehead atoms. The van der Waals surface area contributed by atoms with E-state index in [1.165, 1.54) is 0 Å². The number of ether oxygens (including phenoxy) is 2. The highest BCUT2D eigenvalue weighted by Gasteiger charge is 2.32. The fraction of sp³-hybridized carbons (Fsp3) is 0.600. The topological polar surface area (TPSA) is 52.6 Å². The second-order valence-electron chi connectivity index (χ2n) is 8.17. The van der Waals surface area contributed by atoms with E-state index in [2.05, 4.69) is 12.6 Å². The van der Waals surface area contributed by atoms with Crippen molar-refractivity contribution in [3.05, 3.63) is 46.5 Å². The van der Waals surface area contributed by atoms with E-state index < -0.39 is 11.2 Å². The molecule has 1 atom stereocenters. The van der Waals surface area contributed by atoms with Gasteiger partial charge in [0.1, 0.15) is 11.2 Å². The molecule has 4 nitrogen and oxygen atoms in total. The monoisotopic (exact) mass is 404 g/mol. The lowest BCUT2D eigenvalue weighted by Gasteiger charge is -2.31. The van der Waals surface area contributed by atoms with Gasteiger partial charge in [-0.1, -0.05) is 33.4 Å². The van der Waals surface area contributed by atoms with Gasteiger partial charge in [0, 0.05) is 6.42 Å². The highest BCUT2D eigenvalue weighted by molar-refractivity contribution is 6.00. The molecule has 0 aliphatic carbocycles. The van der Waals surface area contributed by atoms with Gasteiger partial charge in [0.2, 0.25) is 0 Å². The molecule has 0 aromatic heterocycles. The Labute approximate surface area is 177 Å². The SMILES string of the molecule is C=C(C)C(=O)C(C)(C)OCCC(C)(CC)OC(=O)c1cc(C)cc(C)c1C.CC. The van der Waals surface area contributed by atoms with Crippen LogP contribution in [0.15, 0.2) is 24.3 Å². The minimum atomic E-state index is -0.936. The summed E-state index contributed by atoms with van der Waals surface area (Å²) in [7, 11) is 0. The van der Waals surface area contributed by atoms with Gasteiger partial charge in [0.15, 0.2) is 5.78 Å². The molecule has 0 fully saturated rings. The van der Waals surface area contributed by atoms with Gasteiger partial charge in [-0.15, -0.1) is 0 Å². The Morgan fingerprint density at radius 1 is 1.07 bits per heavy atom. The minimum absolute atomic E-state index is 0.122. The van der Waals surface area contributed by atoms with Crippen LogP contribution in [0.5, 0.6) is 0 Å². The summed E-state index contributed by atoms with van der Waals surface area (Å²) in [6, 6.07) is 3.92. The summed E-state index contributed by atoms with van der Waals surface area (Å²) >= 11 is 0. The Hall–Kier alpha value is -1.94. The maximum Gasteiger partial charge on any atom is 0.338 e. The number of benzene rings is 1. The Morgan fingerprint density at radius 2 is 1.62 bits per heavy atom. The molecule has 29 heavy (non-hydrogen) atoms. The van der Waals surface area contributed by atoms with Crippen molar-refractivity contribution in [2.45, 2.75) is 93.3 Å². The zero-order valence-corrected chi connectivity index (χ0v) is 20.1. The van der Waals surface area contributed by atoms with Crippen LogP contribution in [0, 0.1) is 20.8 Å². The molecular weight excluding hydrogens is 364 g/mol. The van der Waals surface area contributed by atoms with Crippen molar-refractivity contribution in [1.82, 2.24) is 0 Å². The Kier molecular flexibility index (Phi) is 10.5. The third kappa shape index (κ3) is 7.77. The minimum Gasteiger partial charge on any atom is -0.456 e. The van der Waals surface area contributed by atoms with Gasteiger partial charge in [0.25, 0.3) is 0 Å². The van der Waals surface area contributed by atoms with Gasteiger partial charge in [-0.3, -0.25) is 4.79 Å². The maximum atomic E-state index is 12.8. The normalized spacial score (nSPS) is 13.0. The van der Waals surface area contributed by atoms with Crippen molar-refractivity contribution in [2.24, 2.45) is 0 Å². The Balaban J connectivity index is 0.00000379. The van der Waals surface area contributed by atoms with E-state index in [0.29, 0.717) is 30.6 Å². The molecule has 0 saturated carbocycles. The van der Waals surface area contributed by atoms with Gasteiger partial charge in [-0.05, 0) is 83.2 Å². The van der Waals surface area contributed by atoms with Crippen LogP contribution < -0.4 is 0 Å². The molecule has 0 saturated heterocycles. The molecule has 1 aromatic rings. The molecule has 1 unspecified atom stereocenters. The molecule has 0 aliphatic heterocycles. The molecule has 4 heteroatoms. The van der Waals surface area contributed by atoms with E-state index >= 15 is 0 Å². The summed E-state index contributed by atoms with van der Waals surface area (Å²) in [5.41, 5.74) is 2.52. The smallest absolute Gasteiger partial charge is 0.338 e. The summed E-state index contributed by atoms with van der Waals surface area (Å²) in [4.78, 5) is 24.9. The number of hydrogen-bond acceptors (Lipinski definition) is 4. The number of carbonyl (C=O) groups excluding carboxylic acids is 2. The first kappa shape index (κ1) is 27.1. The number of ketones is 1. The quantitative estimate of drug-likeness (QED) is 0.358. The highest BCUT2D eigenvalue weighted by atomic mass is 16.6. The standard InChI is InChI=1S/C23H34O4.C2H6/c1-10-23(9,11-12-26-22(7,8)20(24)15(2)3)27-21(25)19-14-16(4)13-17(5)18(19)6;1-2/h13-14H,2,10-12H2,1,3-9H3;1-2H3. The number of rotatable bonds is 9. The maximum absolute atomic E-state index is 12.8. The van der Waals surface area contributed by atoms with Crippen LogP contribution in [0.25, 0.3) is 0 Å². The van der Waals surface area contributed by atoms with Crippen molar-refractivity contribution >= 4 is 11.8 Å². The van der Waals surface area contributed by atoms with Crippen molar-refractivity contribution in [1.29, 1.82) is 0 Å². The summed E-state index contributed by atoms with van der Waals surface area (Å²) < 4.78 is 11.7. The van der Waals surface area contributed by atoms with Gasteiger partial charge < -0.3 is 9.47 Å². The Bertz CT molecular complexity index is 731. The number of Topliss-reactive ketones (excluding diaryl/α,β-unsaturated/α-hetero) is 1. The van der Waals surface area contributed by atoms with Crippen LogP contribution >= 0.6 is 0 Å². The lowest BCUT2D eigenvalue weighted by Crippen LogP contribution is -2.38. The second-order valence-corrected chi connectivity index (χ2v) is 8.17. The fourth-order valence-corrected chi connectivity index (χ4v) is 2.93. The molecule has 0 radical (unpaired) electrons. The lowest BCUT2D eigenvalue weighted by molar-refractivity contribution is -0.138. The Morgan fingerprint density at radius 3 is 2.10 bits per heavy atom. The summed E-state index contributed by atoms with van der Waals surface area (Å²) in [5, 5.41) is 0. The fourth-order valence-electron chi connectivity index (χ4n) is 2.93. The number of esters is 1. The van der Waals surface area contributed by atoms with Crippen molar-refractivity contribution in [2.75, 3.05) is 6.61 Å². The summed E-state index contributed by atoms with van der Waals surface area (Å²) in [6.45, 7) is 22.9. The molecular formula is C25H40O4. The third-order valence-corrected chi connectivity index (χ3v) is 5.15. The van der Waals surface area contributed by atoms with Crippen LogP contribution in [-0.4, -0.2) is 29.6 Å². The van der Waals surface area contributed by atoms with Crippen molar-refractivity contribution < 1.29 is 19.1 Å². The van der Waals surface area contributed by atoms with E-state index in [9.17, 15) is 9.59 Å². The third-order valence-electron chi connectivity index (χ3n) is 5.15. The van der Waals surface area contributed by atoms with Crippen LogP contribution in [0.4, 0.5) is 0 Å². The van der Waals surface area contributed by atoms with Crippen LogP contribution in [0.1, 0.15) is 88.4 Å². The molecule has 1 rings (SSSR count). The molecule has 0 amide bonds. The van der Waals surface area contributed by atoms with Gasteiger partial charge >= 0.3 is 5.97 Å². The van der Waals surface area contributed by atoms with Crippen LogP contribution in [0.2, 0.25) is 0 Å². The van der Waals surface area contributed by atoms with Gasteiger partial charge in [-0.25, -0.2) is 4.79 Å². The molecule has 0 N–H and O–H groups in total. The van der Waals surface area contributed by atoms with Gasteiger partial charge in [-0.2, -0.15) is 0 Å². The summed E-state index contributed by atoms with van der Waals surface area (Å²) in [6.07, 6.45) is 1.16. The first-order chi connectivity index (χ1) is 13.3. The van der Waals surface area contributed by atoms with Gasteiger partial charge in [0.05, 0.1) is 12.2 Å². The largest absolute Gasteiger partial charge is 0.456 e. The lowest BCUT2D eigenvalue weighted by atomic mass is 9.96. The number of carbonyl (C=O) groups is 2. The van der Waals surface area contributed by atoms with E-state index in [1.807, 2.05) is 54.5 Å². The van der Waals surface area contributed by atoms with E-state index in [4.69, 9.17) is 9.47 Å². The predicted molar refractivity (Wildman–Crippen MR) is 121 cm³/mol. The number of hydrogen-bond donors (Lipinski definition) is 0. The first-order valence-electron chi connectivity index (χ1n) is 10.5. The van der Waals surface area contributed by atoms with Crippen LogP contribution in [0.3, 0.4) is 0 Å².